The second kappa shape index (κ2) is 9.52. The van der Waals surface area contributed by atoms with Gasteiger partial charge in [0.05, 0.1) is 13.7 Å². The molecule has 0 saturated carbocycles. The fourth-order valence-electron chi connectivity index (χ4n) is 2.29. The number of urea groups is 1. The van der Waals surface area contributed by atoms with Crippen LogP contribution in [0.15, 0.2) is 48.5 Å². The highest BCUT2D eigenvalue weighted by atomic mass is 19.1. The Morgan fingerprint density at radius 2 is 1.88 bits per heavy atom. The van der Waals surface area contributed by atoms with Crippen molar-refractivity contribution >= 4 is 6.03 Å². The van der Waals surface area contributed by atoms with Crippen molar-refractivity contribution in [2.75, 3.05) is 26.8 Å². The molecule has 0 fully saturated rings. The van der Waals surface area contributed by atoms with Gasteiger partial charge in [-0.1, -0.05) is 12.1 Å². The van der Waals surface area contributed by atoms with Gasteiger partial charge in [0, 0.05) is 13.1 Å². The van der Waals surface area contributed by atoms with Gasteiger partial charge < -0.3 is 19.7 Å². The average molecular weight is 346 g/mol. The molecule has 2 aromatic carbocycles. The molecule has 134 valence electrons. The number of nitrogens with zero attached hydrogens (tertiary/aromatic N) is 1. The standard InChI is InChI=1S/C19H23FN2O3/c1-3-22(14-15-5-4-6-16(20)13-15)19(23)21-11-12-25-18-9-7-17(24-2)8-10-18/h4-10,13H,3,11-12,14H2,1-2H3,(H,21,23). The molecule has 6 heteroatoms. The van der Waals surface area contributed by atoms with Gasteiger partial charge in [-0.15, -0.1) is 0 Å². The maximum atomic E-state index is 13.2. The summed E-state index contributed by atoms with van der Waals surface area (Å²) >= 11 is 0. The summed E-state index contributed by atoms with van der Waals surface area (Å²) in [4.78, 5) is 13.8. The van der Waals surface area contributed by atoms with Crippen LogP contribution in [0.1, 0.15) is 12.5 Å². The third-order valence-electron chi connectivity index (χ3n) is 3.64. The number of hydrogen-bond acceptors (Lipinski definition) is 3. The van der Waals surface area contributed by atoms with Crippen LogP contribution in [-0.4, -0.2) is 37.7 Å². The number of amides is 2. The van der Waals surface area contributed by atoms with Crippen molar-refractivity contribution in [2.45, 2.75) is 13.5 Å². The number of ether oxygens (including phenoxy) is 2. The molecule has 0 aliphatic rings. The predicted octanol–water partition coefficient (Wildman–Crippen LogP) is 3.44. The van der Waals surface area contributed by atoms with E-state index in [4.69, 9.17) is 9.47 Å². The minimum absolute atomic E-state index is 0.204. The van der Waals surface area contributed by atoms with E-state index in [1.807, 2.05) is 31.2 Å². The van der Waals surface area contributed by atoms with Crippen molar-refractivity contribution in [3.8, 4) is 11.5 Å². The van der Waals surface area contributed by atoms with Gasteiger partial charge in [0.2, 0.25) is 0 Å². The Bertz CT molecular complexity index is 677. The number of nitrogens with one attached hydrogen (secondary N) is 1. The van der Waals surface area contributed by atoms with Crippen LogP contribution in [0.4, 0.5) is 9.18 Å². The highest BCUT2D eigenvalue weighted by Crippen LogP contribution is 2.16. The van der Waals surface area contributed by atoms with E-state index in [1.54, 1.807) is 24.1 Å². The Balaban J connectivity index is 1.75. The van der Waals surface area contributed by atoms with Crippen LogP contribution < -0.4 is 14.8 Å². The lowest BCUT2D eigenvalue weighted by Crippen LogP contribution is -2.41. The molecule has 0 aliphatic heterocycles. The first-order valence-corrected chi connectivity index (χ1v) is 8.16. The molecule has 0 heterocycles. The van der Waals surface area contributed by atoms with Crippen LogP contribution in [0, 0.1) is 5.82 Å². The van der Waals surface area contributed by atoms with E-state index >= 15 is 0 Å². The maximum Gasteiger partial charge on any atom is 0.317 e. The van der Waals surface area contributed by atoms with Crippen molar-refractivity contribution in [1.29, 1.82) is 0 Å². The molecule has 0 unspecified atom stereocenters. The van der Waals surface area contributed by atoms with Crippen molar-refractivity contribution in [3.05, 3.63) is 59.9 Å². The fourth-order valence-corrected chi connectivity index (χ4v) is 2.29. The zero-order chi connectivity index (χ0) is 18.1. The van der Waals surface area contributed by atoms with E-state index in [0.29, 0.717) is 32.0 Å². The van der Waals surface area contributed by atoms with Crippen LogP contribution in [0.3, 0.4) is 0 Å². The minimum atomic E-state index is -0.304. The second-order valence-corrected chi connectivity index (χ2v) is 5.40. The SMILES string of the molecule is CCN(Cc1cccc(F)c1)C(=O)NCCOc1ccc(OC)cc1. The number of carbonyl (C=O) groups excluding carboxylic acids is 1. The normalized spacial score (nSPS) is 10.2. The molecular formula is C19H23FN2O3. The lowest BCUT2D eigenvalue weighted by atomic mass is 10.2. The van der Waals surface area contributed by atoms with Gasteiger partial charge in [-0.3, -0.25) is 0 Å². The first kappa shape index (κ1) is 18.6. The van der Waals surface area contributed by atoms with Gasteiger partial charge in [-0.2, -0.15) is 0 Å². The smallest absolute Gasteiger partial charge is 0.317 e. The zero-order valence-corrected chi connectivity index (χ0v) is 14.5. The van der Waals surface area contributed by atoms with Gasteiger partial charge in [-0.05, 0) is 48.9 Å². The number of halogens is 1. The lowest BCUT2D eigenvalue weighted by molar-refractivity contribution is 0.195. The largest absolute Gasteiger partial charge is 0.497 e. The van der Waals surface area contributed by atoms with Crippen molar-refractivity contribution < 1.29 is 18.7 Å². The quantitative estimate of drug-likeness (QED) is 0.745. The van der Waals surface area contributed by atoms with Crippen LogP contribution >= 0.6 is 0 Å². The molecule has 0 bridgehead atoms. The van der Waals surface area contributed by atoms with E-state index in [1.165, 1.54) is 12.1 Å². The number of carbonyl (C=O) groups is 1. The van der Waals surface area contributed by atoms with Gasteiger partial charge in [0.25, 0.3) is 0 Å². The highest BCUT2D eigenvalue weighted by Gasteiger charge is 2.11. The van der Waals surface area contributed by atoms with Gasteiger partial charge >= 0.3 is 6.03 Å². The predicted molar refractivity (Wildman–Crippen MR) is 94.4 cm³/mol. The topological polar surface area (TPSA) is 50.8 Å². The maximum absolute atomic E-state index is 13.2. The summed E-state index contributed by atoms with van der Waals surface area (Å²) < 4.78 is 23.9. The molecule has 5 nitrogen and oxygen atoms in total. The summed E-state index contributed by atoms with van der Waals surface area (Å²) in [5.74, 6) is 1.17. The summed E-state index contributed by atoms with van der Waals surface area (Å²) in [6.07, 6.45) is 0. The third kappa shape index (κ3) is 5.99. The van der Waals surface area contributed by atoms with E-state index in [-0.39, 0.29) is 11.8 Å². The van der Waals surface area contributed by atoms with E-state index in [2.05, 4.69) is 5.32 Å². The Hall–Kier alpha value is -2.76. The highest BCUT2D eigenvalue weighted by molar-refractivity contribution is 5.74. The summed E-state index contributed by atoms with van der Waals surface area (Å²) in [7, 11) is 1.61. The van der Waals surface area contributed by atoms with Gasteiger partial charge in [-0.25, -0.2) is 9.18 Å². The van der Waals surface area contributed by atoms with Crippen molar-refractivity contribution in [2.24, 2.45) is 0 Å². The fraction of sp³-hybridized carbons (Fsp3) is 0.316. The molecule has 1 N–H and O–H groups in total. The Morgan fingerprint density at radius 1 is 1.16 bits per heavy atom. The summed E-state index contributed by atoms with van der Waals surface area (Å²) in [6, 6.07) is 13.3. The molecule has 0 aliphatic carbocycles. The number of benzene rings is 2. The summed E-state index contributed by atoms with van der Waals surface area (Å²) in [5, 5.41) is 2.80. The second-order valence-electron chi connectivity index (χ2n) is 5.40. The molecule has 0 spiro atoms. The van der Waals surface area contributed by atoms with Crippen LogP contribution in [0.5, 0.6) is 11.5 Å². The monoisotopic (exact) mass is 346 g/mol. The van der Waals surface area contributed by atoms with E-state index in [9.17, 15) is 9.18 Å². The molecule has 25 heavy (non-hydrogen) atoms. The lowest BCUT2D eigenvalue weighted by Gasteiger charge is -2.21. The van der Waals surface area contributed by atoms with Gasteiger partial charge in [0.15, 0.2) is 0 Å². The molecule has 2 rings (SSSR count). The van der Waals surface area contributed by atoms with E-state index < -0.39 is 0 Å². The molecule has 0 aromatic heterocycles. The Morgan fingerprint density at radius 3 is 2.52 bits per heavy atom. The third-order valence-corrected chi connectivity index (χ3v) is 3.64. The van der Waals surface area contributed by atoms with Crippen LogP contribution in [-0.2, 0) is 6.54 Å². The summed E-state index contributed by atoms with van der Waals surface area (Å²) in [6.45, 7) is 3.51. The molecule has 0 radical (unpaired) electrons. The van der Waals surface area contributed by atoms with E-state index in [0.717, 1.165) is 11.3 Å². The first-order valence-electron chi connectivity index (χ1n) is 8.16. The van der Waals surface area contributed by atoms with Crippen LogP contribution in [0.2, 0.25) is 0 Å². The summed E-state index contributed by atoms with van der Waals surface area (Å²) in [5.41, 5.74) is 0.756. The molecular weight excluding hydrogens is 323 g/mol. The zero-order valence-electron chi connectivity index (χ0n) is 14.5. The number of rotatable bonds is 8. The molecule has 2 amide bonds. The van der Waals surface area contributed by atoms with Gasteiger partial charge in [0.1, 0.15) is 23.9 Å². The molecule has 2 aromatic rings. The molecule has 0 atom stereocenters. The van der Waals surface area contributed by atoms with Crippen LogP contribution in [0.25, 0.3) is 0 Å². The number of hydrogen-bond donors (Lipinski definition) is 1. The average Bonchev–Trinajstić information content (AvgIpc) is 2.63. The van der Waals surface area contributed by atoms with Crippen molar-refractivity contribution in [3.63, 3.8) is 0 Å². The first-order chi connectivity index (χ1) is 12.1. The minimum Gasteiger partial charge on any atom is -0.497 e. The Labute approximate surface area is 147 Å². The number of methoxy groups -OCH3 is 1. The molecule has 0 saturated heterocycles. The van der Waals surface area contributed by atoms with Crippen molar-refractivity contribution in [1.82, 2.24) is 10.2 Å². The Kier molecular flexibility index (Phi) is 7.07.